The van der Waals surface area contributed by atoms with Crippen LogP contribution in [0.25, 0.3) is 0 Å². The Morgan fingerprint density at radius 3 is 2.00 bits per heavy atom. The van der Waals surface area contributed by atoms with Crippen molar-refractivity contribution in [2.45, 2.75) is 65.2 Å². The molecule has 0 aliphatic carbocycles. The molecule has 0 aliphatic rings. The summed E-state index contributed by atoms with van der Waals surface area (Å²) in [6, 6.07) is 8.60. The Labute approximate surface area is 142 Å². The first kappa shape index (κ1) is 19.7. The van der Waals surface area contributed by atoms with Gasteiger partial charge in [-0.3, -0.25) is 4.79 Å². The van der Waals surface area contributed by atoms with Gasteiger partial charge in [0.05, 0.1) is 0 Å². The van der Waals surface area contributed by atoms with Gasteiger partial charge in [-0.05, 0) is 35.9 Å². The molecule has 0 radical (unpaired) electrons. The largest absolute Gasteiger partial charge is 0.343 e. The molecule has 3 nitrogen and oxygen atoms in total. The number of rotatable bonds is 8. The molecule has 1 unspecified atom stereocenters. The molecule has 0 spiro atoms. The highest BCUT2D eigenvalue weighted by molar-refractivity contribution is 5.77. The van der Waals surface area contributed by atoms with Gasteiger partial charge >= 0.3 is 0 Å². The van der Waals surface area contributed by atoms with E-state index in [4.69, 9.17) is 5.73 Å². The van der Waals surface area contributed by atoms with Gasteiger partial charge in [0.15, 0.2) is 0 Å². The second-order valence-electron chi connectivity index (χ2n) is 7.39. The van der Waals surface area contributed by atoms with E-state index in [9.17, 15) is 4.79 Å². The van der Waals surface area contributed by atoms with Crippen LogP contribution in [0.5, 0.6) is 0 Å². The molecule has 2 N–H and O–H groups in total. The lowest BCUT2D eigenvalue weighted by Crippen LogP contribution is -2.34. The summed E-state index contributed by atoms with van der Waals surface area (Å²) in [5.74, 6) is 0.330. The fraction of sp³-hybridized carbons (Fsp3) is 0.650. The molecule has 0 bridgehead atoms. The van der Waals surface area contributed by atoms with Crippen molar-refractivity contribution in [3.05, 3.63) is 35.4 Å². The van der Waals surface area contributed by atoms with Crippen LogP contribution in [0.1, 0.15) is 70.9 Å². The fourth-order valence-corrected chi connectivity index (χ4v) is 2.83. The minimum Gasteiger partial charge on any atom is -0.343 e. The molecule has 1 atom stereocenters. The van der Waals surface area contributed by atoms with Crippen molar-refractivity contribution < 1.29 is 4.79 Å². The number of hydrogen-bond donors (Lipinski definition) is 1. The normalized spacial score (nSPS) is 13.0. The molecule has 1 aromatic carbocycles. The molecular formula is C20H34N2O. The molecule has 23 heavy (non-hydrogen) atoms. The van der Waals surface area contributed by atoms with Crippen LogP contribution in [0, 0.1) is 0 Å². The average molecular weight is 319 g/mol. The zero-order valence-corrected chi connectivity index (χ0v) is 15.6. The second-order valence-corrected chi connectivity index (χ2v) is 7.39. The van der Waals surface area contributed by atoms with Crippen molar-refractivity contribution in [1.82, 2.24) is 4.90 Å². The van der Waals surface area contributed by atoms with Crippen molar-refractivity contribution >= 4 is 5.91 Å². The van der Waals surface area contributed by atoms with E-state index in [-0.39, 0.29) is 17.2 Å². The summed E-state index contributed by atoms with van der Waals surface area (Å²) in [4.78, 5) is 14.5. The smallest absolute Gasteiger partial charge is 0.223 e. The first-order valence-corrected chi connectivity index (χ1v) is 8.91. The Balaban J connectivity index is 2.81. The Bertz CT molecular complexity index is 467. The molecule has 0 saturated carbocycles. The number of carbonyl (C=O) groups is 1. The average Bonchev–Trinajstić information content (AvgIpc) is 2.51. The predicted molar refractivity (Wildman–Crippen MR) is 98.7 cm³/mol. The molecule has 0 heterocycles. The van der Waals surface area contributed by atoms with Crippen LogP contribution in [0.2, 0.25) is 0 Å². The van der Waals surface area contributed by atoms with Gasteiger partial charge in [-0.15, -0.1) is 0 Å². The van der Waals surface area contributed by atoms with Crippen molar-refractivity contribution in [2.75, 3.05) is 19.6 Å². The zero-order valence-electron chi connectivity index (χ0n) is 15.6. The van der Waals surface area contributed by atoms with Gasteiger partial charge in [-0.25, -0.2) is 0 Å². The van der Waals surface area contributed by atoms with Crippen LogP contribution in [-0.4, -0.2) is 30.4 Å². The lowest BCUT2D eigenvalue weighted by molar-refractivity contribution is -0.131. The summed E-state index contributed by atoms with van der Waals surface area (Å²) in [6.45, 7) is 13.0. The van der Waals surface area contributed by atoms with Crippen LogP contribution in [0.4, 0.5) is 0 Å². The highest BCUT2D eigenvalue weighted by Crippen LogP contribution is 2.26. The van der Waals surface area contributed by atoms with Crippen LogP contribution < -0.4 is 5.73 Å². The molecule has 1 aromatic rings. The third-order valence-electron chi connectivity index (χ3n) is 4.29. The van der Waals surface area contributed by atoms with Gasteiger partial charge in [-0.2, -0.15) is 0 Å². The van der Waals surface area contributed by atoms with Gasteiger partial charge < -0.3 is 10.6 Å². The van der Waals surface area contributed by atoms with Gasteiger partial charge in [0, 0.05) is 25.4 Å². The van der Waals surface area contributed by atoms with Crippen molar-refractivity contribution in [3.8, 4) is 0 Å². The Hall–Kier alpha value is -1.35. The second kappa shape index (κ2) is 9.07. The van der Waals surface area contributed by atoms with E-state index in [2.05, 4.69) is 58.9 Å². The number of nitrogens with two attached hydrogens (primary N) is 1. The lowest BCUT2D eigenvalue weighted by Gasteiger charge is -2.25. The Morgan fingerprint density at radius 1 is 1.09 bits per heavy atom. The van der Waals surface area contributed by atoms with Gasteiger partial charge in [0.1, 0.15) is 0 Å². The topological polar surface area (TPSA) is 46.3 Å². The minimum atomic E-state index is 0.104. The zero-order chi connectivity index (χ0) is 17.5. The van der Waals surface area contributed by atoms with E-state index in [0.29, 0.717) is 13.0 Å². The van der Waals surface area contributed by atoms with Crippen molar-refractivity contribution in [3.63, 3.8) is 0 Å². The number of hydrogen-bond acceptors (Lipinski definition) is 2. The summed E-state index contributed by atoms with van der Waals surface area (Å²) in [7, 11) is 0. The SMILES string of the molecule is CCCN(CCC)C(=O)CC(CN)c1ccc(C(C)(C)C)cc1. The fourth-order valence-electron chi connectivity index (χ4n) is 2.83. The van der Waals surface area contributed by atoms with Crippen LogP contribution >= 0.6 is 0 Å². The van der Waals surface area contributed by atoms with E-state index in [1.165, 1.54) is 11.1 Å². The number of amides is 1. The van der Waals surface area contributed by atoms with E-state index in [1.807, 2.05) is 4.90 Å². The molecule has 1 rings (SSSR count). The maximum absolute atomic E-state index is 12.6. The van der Waals surface area contributed by atoms with Crippen LogP contribution in [0.15, 0.2) is 24.3 Å². The molecule has 0 aromatic heterocycles. The summed E-state index contributed by atoms with van der Waals surface area (Å²) in [6.07, 6.45) is 2.50. The highest BCUT2D eigenvalue weighted by Gasteiger charge is 2.20. The lowest BCUT2D eigenvalue weighted by atomic mass is 9.85. The highest BCUT2D eigenvalue weighted by atomic mass is 16.2. The number of carbonyl (C=O) groups excluding carboxylic acids is 1. The quantitative estimate of drug-likeness (QED) is 0.785. The maximum atomic E-state index is 12.6. The van der Waals surface area contributed by atoms with E-state index >= 15 is 0 Å². The van der Waals surface area contributed by atoms with Crippen molar-refractivity contribution in [1.29, 1.82) is 0 Å². The third kappa shape index (κ3) is 5.98. The predicted octanol–water partition coefficient (Wildman–Crippen LogP) is 4.07. The minimum absolute atomic E-state index is 0.104. The molecule has 3 heteroatoms. The van der Waals surface area contributed by atoms with E-state index in [1.54, 1.807) is 0 Å². The van der Waals surface area contributed by atoms with E-state index in [0.717, 1.165) is 25.9 Å². The van der Waals surface area contributed by atoms with Crippen molar-refractivity contribution in [2.24, 2.45) is 5.73 Å². The van der Waals surface area contributed by atoms with Crippen LogP contribution in [-0.2, 0) is 10.2 Å². The summed E-state index contributed by atoms with van der Waals surface area (Å²) in [5.41, 5.74) is 8.57. The molecule has 0 fully saturated rings. The maximum Gasteiger partial charge on any atom is 0.223 e. The molecular weight excluding hydrogens is 284 g/mol. The van der Waals surface area contributed by atoms with Crippen LogP contribution in [0.3, 0.4) is 0 Å². The molecule has 1 amide bonds. The molecule has 0 aliphatic heterocycles. The third-order valence-corrected chi connectivity index (χ3v) is 4.29. The van der Waals surface area contributed by atoms with Gasteiger partial charge in [-0.1, -0.05) is 58.9 Å². The Kier molecular flexibility index (Phi) is 7.77. The first-order valence-electron chi connectivity index (χ1n) is 8.91. The molecule has 130 valence electrons. The monoisotopic (exact) mass is 318 g/mol. The standard InChI is InChI=1S/C20H34N2O/c1-6-12-22(13-7-2)19(23)14-17(15-21)16-8-10-18(11-9-16)20(3,4)5/h8-11,17H,6-7,12-15,21H2,1-5H3. The number of benzene rings is 1. The molecule has 0 saturated heterocycles. The summed E-state index contributed by atoms with van der Waals surface area (Å²) < 4.78 is 0. The number of nitrogens with zero attached hydrogens (tertiary/aromatic N) is 1. The summed E-state index contributed by atoms with van der Waals surface area (Å²) in [5, 5.41) is 0. The summed E-state index contributed by atoms with van der Waals surface area (Å²) >= 11 is 0. The Morgan fingerprint density at radius 2 is 1.61 bits per heavy atom. The van der Waals surface area contributed by atoms with E-state index < -0.39 is 0 Å². The van der Waals surface area contributed by atoms with Gasteiger partial charge in [0.2, 0.25) is 5.91 Å². The van der Waals surface area contributed by atoms with Gasteiger partial charge in [0.25, 0.3) is 0 Å². The first-order chi connectivity index (χ1) is 10.8.